The van der Waals surface area contributed by atoms with Gasteiger partial charge in [-0.2, -0.15) is 0 Å². The van der Waals surface area contributed by atoms with Gasteiger partial charge in [-0.05, 0) is 18.6 Å². The summed E-state index contributed by atoms with van der Waals surface area (Å²) >= 11 is 5.47. The number of aryl methyl sites for hydroxylation is 1. The topological polar surface area (TPSA) is 69.1 Å². The highest BCUT2D eigenvalue weighted by atomic mass is 32.1. The molecule has 2 aromatic rings. The Labute approximate surface area is 116 Å². The number of benzene rings is 2. The van der Waals surface area contributed by atoms with Crippen molar-refractivity contribution in [1.82, 2.24) is 0 Å². The Morgan fingerprint density at radius 1 is 1.05 bits per heavy atom. The van der Waals surface area contributed by atoms with Gasteiger partial charge in [0.2, 0.25) is 0 Å². The molecule has 2 aromatic carbocycles. The highest BCUT2D eigenvalue weighted by molar-refractivity contribution is 7.81. The summed E-state index contributed by atoms with van der Waals surface area (Å²) in [6.07, 6.45) is 0. The van der Waals surface area contributed by atoms with Gasteiger partial charge in [-0.25, -0.2) is 0 Å². The van der Waals surface area contributed by atoms with Gasteiger partial charge < -0.3 is 11.5 Å². The standard InChI is InChI=1S/C15H12N2OS/c1-7-6-10(16)11-12(13(7)17)14(18)8-4-2-3-5-9(8)15(11)19/h2-6H,16-17H2,1H3. The molecule has 0 saturated heterocycles. The number of hydrogen-bond donors (Lipinski definition) is 2. The van der Waals surface area contributed by atoms with Crippen molar-refractivity contribution in [2.24, 2.45) is 0 Å². The summed E-state index contributed by atoms with van der Waals surface area (Å²) in [4.78, 5) is 13.2. The molecule has 0 radical (unpaired) electrons. The quantitative estimate of drug-likeness (QED) is 0.485. The molecule has 4 N–H and O–H groups in total. The molecule has 94 valence electrons. The van der Waals surface area contributed by atoms with Gasteiger partial charge in [0, 0.05) is 28.1 Å². The van der Waals surface area contributed by atoms with Gasteiger partial charge in [0.25, 0.3) is 0 Å². The van der Waals surface area contributed by atoms with E-state index in [0.29, 0.717) is 32.9 Å². The second-order valence-electron chi connectivity index (χ2n) is 4.65. The monoisotopic (exact) mass is 268 g/mol. The van der Waals surface area contributed by atoms with Crippen molar-refractivity contribution in [3.05, 3.63) is 58.1 Å². The fourth-order valence-electron chi connectivity index (χ4n) is 2.49. The van der Waals surface area contributed by atoms with Crippen molar-refractivity contribution < 1.29 is 4.79 Å². The lowest BCUT2D eigenvalue weighted by atomic mass is 9.82. The number of carbonyl (C=O) groups is 1. The van der Waals surface area contributed by atoms with E-state index >= 15 is 0 Å². The number of anilines is 2. The molecule has 0 atom stereocenters. The third-order valence-electron chi connectivity index (χ3n) is 3.48. The molecule has 3 nitrogen and oxygen atoms in total. The van der Waals surface area contributed by atoms with Crippen LogP contribution in [-0.2, 0) is 0 Å². The van der Waals surface area contributed by atoms with E-state index in [1.54, 1.807) is 12.1 Å². The molecular formula is C15H12N2OS. The molecular weight excluding hydrogens is 256 g/mol. The van der Waals surface area contributed by atoms with Crippen molar-refractivity contribution >= 4 is 34.2 Å². The van der Waals surface area contributed by atoms with Crippen molar-refractivity contribution in [2.75, 3.05) is 11.5 Å². The first kappa shape index (κ1) is 11.9. The summed E-state index contributed by atoms with van der Waals surface area (Å²) in [6, 6.07) is 9.05. The highest BCUT2D eigenvalue weighted by Crippen LogP contribution is 2.36. The van der Waals surface area contributed by atoms with Crippen LogP contribution in [0.3, 0.4) is 0 Å². The third-order valence-corrected chi connectivity index (χ3v) is 3.90. The van der Waals surface area contributed by atoms with Crippen LogP contribution in [0.5, 0.6) is 0 Å². The highest BCUT2D eigenvalue weighted by Gasteiger charge is 2.30. The molecule has 1 aliphatic carbocycles. The van der Waals surface area contributed by atoms with E-state index in [2.05, 4.69) is 0 Å². The van der Waals surface area contributed by atoms with Crippen LogP contribution >= 0.6 is 12.2 Å². The maximum atomic E-state index is 12.6. The molecule has 0 bridgehead atoms. The van der Waals surface area contributed by atoms with Gasteiger partial charge in [0.15, 0.2) is 5.78 Å². The number of nitrogens with two attached hydrogens (primary N) is 2. The van der Waals surface area contributed by atoms with Crippen molar-refractivity contribution in [3.8, 4) is 0 Å². The minimum atomic E-state index is -0.105. The lowest BCUT2D eigenvalue weighted by molar-refractivity contribution is 0.103. The predicted octanol–water partition coefficient (Wildman–Crippen LogP) is 2.47. The summed E-state index contributed by atoms with van der Waals surface area (Å²) in [5.41, 5.74) is 16.2. The third kappa shape index (κ3) is 1.50. The van der Waals surface area contributed by atoms with E-state index in [4.69, 9.17) is 23.7 Å². The lowest BCUT2D eigenvalue weighted by Gasteiger charge is -2.23. The molecule has 1 aliphatic rings. The van der Waals surface area contributed by atoms with Crippen molar-refractivity contribution in [2.45, 2.75) is 6.92 Å². The molecule has 3 rings (SSSR count). The van der Waals surface area contributed by atoms with Gasteiger partial charge in [0.1, 0.15) is 0 Å². The summed E-state index contributed by atoms with van der Waals surface area (Å²) < 4.78 is 0. The van der Waals surface area contributed by atoms with Gasteiger partial charge in [-0.1, -0.05) is 36.5 Å². The Balaban J connectivity index is 2.43. The molecule has 19 heavy (non-hydrogen) atoms. The molecule has 0 unspecified atom stereocenters. The number of rotatable bonds is 0. The summed E-state index contributed by atoms with van der Waals surface area (Å²) in [7, 11) is 0. The number of carbonyl (C=O) groups excluding carboxylic acids is 1. The molecule has 0 aromatic heterocycles. The van der Waals surface area contributed by atoms with E-state index in [1.807, 2.05) is 25.1 Å². The lowest BCUT2D eigenvalue weighted by Crippen LogP contribution is -2.23. The van der Waals surface area contributed by atoms with Crippen LogP contribution in [0.2, 0.25) is 0 Å². The largest absolute Gasteiger partial charge is 0.398 e. The van der Waals surface area contributed by atoms with Crippen LogP contribution in [-0.4, -0.2) is 10.6 Å². The average molecular weight is 268 g/mol. The number of ketones is 1. The maximum Gasteiger partial charge on any atom is 0.196 e. The van der Waals surface area contributed by atoms with Gasteiger partial charge in [-0.15, -0.1) is 0 Å². The first-order chi connectivity index (χ1) is 9.02. The molecule has 0 heterocycles. The van der Waals surface area contributed by atoms with E-state index < -0.39 is 0 Å². The fourth-order valence-corrected chi connectivity index (χ4v) is 2.89. The predicted molar refractivity (Wildman–Crippen MR) is 80.7 cm³/mol. The van der Waals surface area contributed by atoms with Crippen LogP contribution in [0.25, 0.3) is 0 Å². The SMILES string of the molecule is Cc1cc(N)c2c(c1N)C(=O)c1ccccc1C2=S. The first-order valence-electron chi connectivity index (χ1n) is 5.89. The summed E-state index contributed by atoms with van der Waals surface area (Å²) in [5.74, 6) is -0.105. The van der Waals surface area contributed by atoms with Crippen LogP contribution in [0.15, 0.2) is 30.3 Å². The molecule has 4 heteroatoms. The number of hydrogen-bond acceptors (Lipinski definition) is 4. The number of fused-ring (bicyclic) bond motifs is 2. The maximum absolute atomic E-state index is 12.6. The molecule has 0 fully saturated rings. The Morgan fingerprint density at radius 2 is 1.68 bits per heavy atom. The van der Waals surface area contributed by atoms with Gasteiger partial charge in [-0.3, -0.25) is 4.79 Å². The number of thiocarbonyl (C=S) groups is 1. The summed E-state index contributed by atoms with van der Waals surface area (Å²) in [6.45, 7) is 1.84. The van der Waals surface area contributed by atoms with E-state index in [-0.39, 0.29) is 5.78 Å². The van der Waals surface area contributed by atoms with Gasteiger partial charge >= 0.3 is 0 Å². The molecule has 0 amide bonds. The van der Waals surface area contributed by atoms with Crippen LogP contribution < -0.4 is 11.5 Å². The van der Waals surface area contributed by atoms with Gasteiger partial charge in [0.05, 0.1) is 10.4 Å². The number of nitrogen functional groups attached to an aromatic ring is 2. The van der Waals surface area contributed by atoms with E-state index in [0.717, 1.165) is 11.1 Å². The fraction of sp³-hybridized carbons (Fsp3) is 0.0667. The molecule has 0 spiro atoms. The van der Waals surface area contributed by atoms with Crippen LogP contribution in [0, 0.1) is 6.92 Å². The minimum Gasteiger partial charge on any atom is -0.398 e. The first-order valence-corrected chi connectivity index (χ1v) is 6.30. The second kappa shape index (κ2) is 3.90. The van der Waals surface area contributed by atoms with Crippen LogP contribution in [0.1, 0.15) is 32.6 Å². The van der Waals surface area contributed by atoms with Crippen molar-refractivity contribution in [3.63, 3.8) is 0 Å². The Bertz CT molecular complexity index is 750. The normalized spacial score (nSPS) is 13.1. The second-order valence-corrected chi connectivity index (χ2v) is 5.06. The van der Waals surface area contributed by atoms with E-state index in [1.165, 1.54) is 0 Å². The Hall–Kier alpha value is -2.20. The van der Waals surface area contributed by atoms with Crippen molar-refractivity contribution in [1.29, 1.82) is 0 Å². The molecule has 0 aliphatic heterocycles. The zero-order chi connectivity index (χ0) is 13.7. The Morgan fingerprint density at radius 3 is 2.37 bits per heavy atom. The van der Waals surface area contributed by atoms with Crippen LogP contribution in [0.4, 0.5) is 11.4 Å². The summed E-state index contributed by atoms with van der Waals surface area (Å²) in [5, 5.41) is 0. The minimum absolute atomic E-state index is 0.105. The van der Waals surface area contributed by atoms with E-state index in [9.17, 15) is 4.79 Å². The Kier molecular flexibility index (Phi) is 2.43. The zero-order valence-corrected chi connectivity index (χ0v) is 11.2. The molecule has 0 saturated carbocycles. The smallest absolute Gasteiger partial charge is 0.196 e. The zero-order valence-electron chi connectivity index (χ0n) is 10.4. The average Bonchev–Trinajstić information content (AvgIpc) is 2.40.